The molecule has 2 nitrogen and oxygen atoms in total. The van der Waals surface area contributed by atoms with Gasteiger partial charge in [0.15, 0.2) is 0 Å². The summed E-state index contributed by atoms with van der Waals surface area (Å²) in [5.74, 6) is 0. The zero-order valence-corrected chi connectivity index (χ0v) is 10.7. The number of halogens is 1. The fraction of sp³-hybridized carbons (Fsp3) is 1.00. The van der Waals surface area contributed by atoms with Crippen LogP contribution in [0.15, 0.2) is 0 Å². The van der Waals surface area contributed by atoms with Crippen molar-refractivity contribution in [2.24, 2.45) is 0 Å². The summed E-state index contributed by atoms with van der Waals surface area (Å²) < 4.78 is 10.6. The van der Waals surface area contributed by atoms with Gasteiger partial charge >= 0.3 is 65.1 Å². The summed E-state index contributed by atoms with van der Waals surface area (Å²) in [5, 5.41) is 1.27. The van der Waals surface area contributed by atoms with Crippen molar-refractivity contribution >= 4 is 17.0 Å². The Morgan fingerprint density at radius 3 is 2.40 bits per heavy atom. The molecule has 1 fully saturated rings. The first-order chi connectivity index (χ1) is 4.43. The average molecular weight is 261 g/mol. The zero-order chi connectivity index (χ0) is 6.53. The quantitative estimate of drug-likeness (QED) is 0.704. The van der Waals surface area contributed by atoms with Gasteiger partial charge in [-0.3, -0.25) is 0 Å². The van der Waals surface area contributed by atoms with E-state index in [2.05, 4.69) is 0 Å². The molecule has 0 spiro atoms. The van der Waals surface area contributed by atoms with Crippen molar-refractivity contribution < 1.29 is 27.8 Å². The minimum absolute atomic E-state index is 0. The standard InChI is InChI=1S/C6H11O2.BrH.Zn/c1-2-6-7-4-3-5-8-6;;/h6H,1-5H2;1H;. The normalized spacial score (nSPS) is 20.2. The molecule has 0 radical (unpaired) electrons. The molecule has 0 aromatic carbocycles. The van der Waals surface area contributed by atoms with Gasteiger partial charge in [0.25, 0.3) is 0 Å². The van der Waals surface area contributed by atoms with Crippen LogP contribution in [0.1, 0.15) is 12.8 Å². The second-order valence-electron chi connectivity index (χ2n) is 2.17. The Morgan fingerprint density at radius 2 is 1.90 bits per heavy atom. The monoisotopic (exact) mass is 259 g/mol. The maximum atomic E-state index is 5.32. The van der Waals surface area contributed by atoms with Crippen molar-refractivity contribution in [1.82, 2.24) is 0 Å². The van der Waals surface area contributed by atoms with Crippen molar-refractivity contribution in [3.05, 3.63) is 0 Å². The number of hydrogen-bond acceptors (Lipinski definition) is 2. The third kappa shape index (κ3) is 4.02. The Morgan fingerprint density at radius 1 is 1.30 bits per heavy atom. The van der Waals surface area contributed by atoms with E-state index >= 15 is 0 Å². The van der Waals surface area contributed by atoms with E-state index in [1.165, 1.54) is 23.3 Å². The SMILES string of the molecule is Br.[Zn][CH2]CC1OCCCO1. The van der Waals surface area contributed by atoms with Crippen LogP contribution in [0.25, 0.3) is 0 Å². The molecular formula is C6H12BrO2Zn. The van der Waals surface area contributed by atoms with Crippen molar-refractivity contribution in [3.8, 4) is 0 Å². The molecule has 10 heavy (non-hydrogen) atoms. The van der Waals surface area contributed by atoms with Gasteiger partial charge in [-0.15, -0.1) is 17.0 Å². The first-order valence-electron chi connectivity index (χ1n) is 3.46. The Bertz CT molecular complexity index is 73.4. The molecule has 1 rings (SSSR count). The molecule has 57 valence electrons. The van der Waals surface area contributed by atoms with Crippen LogP contribution in [-0.4, -0.2) is 19.5 Å². The Balaban J connectivity index is 0.000000810. The van der Waals surface area contributed by atoms with E-state index in [0.717, 1.165) is 26.1 Å². The van der Waals surface area contributed by atoms with Gasteiger partial charge in [-0.05, 0) is 0 Å². The van der Waals surface area contributed by atoms with E-state index in [-0.39, 0.29) is 23.3 Å². The summed E-state index contributed by atoms with van der Waals surface area (Å²) in [6.07, 6.45) is 2.30. The van der Waals surface area contributed by atoms with Crippen molar-refractivity contribution in [2.75, 3.05) is 13.2 Å². The molecule has 1 aliphatic rings. The van der Waals surface area contributed by atoms with Gasteiger partial charge in [-0.2, -0.15) is 0 Å². The molecule has 0 aliphatic carbocycles. The van der Waals surface area contributed by atoms with Gasteiger partial charge in [-0.25, -0.2) is 0 Å². The number of ether oxygens (including phenoxy) is 2. The minimum atomic E-state index is 0. The Kier molecular flexibility index (Phi) is 7.40. The zero-order valence-electron chi connectivity index (χ0n) is 6.04. The second kappa shape index (κ2) is 6.72. The summed E-state index contributed by atoms with van der Waals surface area (Å²) in [7, 11) is 0. The fourth-order valence-electron chi connectivity index (χ4n) is 0.870. The third-order valence-electron chi connectivity index (χ3n) is 1.34. The molecular weight excluding hydrogens is 249 g/mol. The fourth-order valence-corrected chi connectivity index (χ4v) is 1.57. The van der Waals surface area contributed by atoms with Crippen LogP contribution >= 0.6 is 17.0 Å². The predicted octanol–water partition coefficient (Wildman–Crippen LogP) is 1.68. The van der Waals surface area contributed by atoms with Crippen LogP contribution in [0.5, 0.6) is 0 Å². The van der Waals surface area contributed by atoms with Crippen LogP contribution in [0, 0.1) is 0 Å². The Labute approximate surface area is 82.1 Å². The molecule has 1 heterocycles. The van der Waals surface area contributed by atoms with Crippen molar-refractivity contribution in [1.29, 1.82) is 0 Å². The maximum absolute atomic E-state index is 5.32. The molecule has 0 atom stereocenters. The van der Waals surface area contributed by atoms with E-state index in [0.29, 0.717) is 0 Å². The molecule has 0 bridgehead atoms. The van der Waals surface area contributed by atoms with Gasteiger partial charge in [0, 0.05) is 0 Å². The van der Waals surface area contributed by atoms with E-state index < -0.39 is 0 Å². The van der Waals surface area contributed by atoms with Gasteiger partial charge < -0.3 is 0 Å². The molecule has 0 aromatic rings. The first kappa shape index (κ1) is 11.0. The van der Waals surface area contributed by atoms with Crippen molar-refractivity contribution in [3.63, 3.8) is 0 Å². The molecule has 0 saturated carbocycles. The van der Waals surface area contributed by atoms with Crippen LogP contribution in [0.4, 0.5) is 0 Å². The molecule has 0 amide bonds. The summed E-state index contributed by atoms with van der Waals surface area (Å²) >= 11 is 1.35. The third-order valence-corrected chi connectivity index (χ3v) is 2.19. The predicted molar refractivity (Wildman–Crippen MR) is 40.1 cm³/mol. The first-order valence-corrected chi connectivity index (χ1v) is 5.56. The topological polar surface area (TPSA) is 18.5 Å². The number of hydrogen-bond donors (Lipinski definition) is 0. The van der Waals surface area contributed by atoms with Gasteiger partial charge in [-0.1, -0.05) is 0 Å². The summed E-state index contributed by atoms with van der Waals surface area (Å²) in [6, 6.07) is 0. The van der Waals surface area contributed by atoms with E-state index in [1.807, 2.05) is 0 Å². The number of rotatable bonds is 2. The summed E-state index contributed by atoms with van der Waals surface area (Å²) in [5.41, 5.74) is 0. The van der Waals surface area contributed by atoms with E-state index in [1.54, 1.807) is 0 Å². The van der Waals surface area contributed by atoms with Crippen LogP contribution in [0.2, 0.25) is 5.02 Å². The summed E-state index contributed by atoms with van der Waals surface area (Å²) in [4.78, 5) is 0. The summed E-state index contributed by atoms with van der Waals surface area (Å²) in [6.45, 7) is 1.79. The average Bonchev–Trinajstić information content (AvgIpc) is 1.91. The van der Waals surface area contributed by atoms with E-state index in [9.17, 15) is 0 Å². The van der Waals surface area contributed by atoms with Gasteiger partial charge in [0.2, 0.25) is 0 Å². The molecule has 1 saturated heterocycles. The van der Waals surface area contributed by atoms with E-state index in [4.69, 9.17) is 9.47 Å². The van der Waals surface area contributed by atoms with Crippen molar-refractivity contribution in [2.45, 2.75) is 24.1 Å². The van der Waals surface area contributed by atoms with Crippen LogP contribution < -0.4 is 0 Å². The van der Waals surface area contributed by atoms with Gasteiger partial charge in [0.05, 0.1) is 0 Å². The molecule has 0 N–H and O–H groups in total. The van der Waals surface area contributed by atoms with Gasteiger partial charge in [0.1, 0.15) is 0 Å². The second-order valence-corrected chi connectivity index (χ2v) is 3.65. The molecule has 0 aromatic heterocycles. The molecule has 1 aliphatic heterocycles. The van der Waals surface area contributed by atoms with Crippen LogP contribution in [0.3, 0.4) is 0 Å². The van der Waals surface area contributed by atoms with Crippen LogP contribution in [-0.2, 0) is 27.8 Å². The molecule has 4 heteroatoms. The molecule has 0 unspecified atom stereocenters. The Hall–Kier alpha value is 1.02.